The van der Waals surface area contributed by atoms with E-state index >= 15 is 0 Å². The molecule has 0 bridgehead atoms. The second kappa shape index (κ2) is 15.7. The van der Waals surface area contributed by atoms with Gasteiger partial charge in [-0.3, -0.25) is 15.0 Å². The highest BCUT2D eigenvalue weighted by Gasteiger charge is 2.35. The maximum absolute atomic E-state index is 14.2. The van der Waals surface area contributed by atoms with Crippen LogP contribution in [-0.4, -0.2) is 54.4 Å². The summed E-state index contributed by atoms with van der Waals surface area (Å²) in [6.45, 7) is 1.47. The molecule has 1 aliphatic rings. The number of guanidine groups is 1. The van der Waals surface area contributed by atoms with E-state index in [2.05, 4.69) is 52.3 Å². The molecule has 0 aliphatic carbocycles. The van der Waals surface area contributed by atoms with Gasteiger partial charge in [-0.2, -0.15) is 0 Å². The van der Waals surface area contributed by atoms with Gasteiger partial charge in [-0.15, -0.1) is 0 Å². The van der Waals surface area contributed by atoms with Gasteiger partial charge in [0, 0.05) is 25.7 Å². The van der Waals surface area contributed by atoms with E-state index in [1.54, 1.807) is 0 Å². The number of hydrogen-bond acceptors (Lipinski definition) is 4. The lowest BCUT2D eigenvalue weighted by Gasteiger charge is -2.33. The van der Waals surface area contributed by atoms with Crippen LogP contribution in [0.2, 0.25) is 0 Å². The Morgan fingerprint density at radius 2 is 1.42 bits per heavy atom. The van der Waals surface area contributed by atoms with Crippen molar-refractivity contribution in [3.63, 3.8) is 0 Å². The Morgan fingerprint density at radius 1 is 0.844 bits per heavy atom. The Hall–Kier alpha value is -4.95. The molecule has 0 radical (unpaired) electrons. The molecule has 0 saturated carbocycles. The first-order chi connectivity index (χ1) is 22.0. The second-order valence-corrected chi connectivity index (χ2v) is 11.5. The summed E-state index contributed by atoms with van der Waals surface area (Å²) in [4.78, 5) is 29.2. The Kier molecular flexibility index (Phi) is 11.0. The Labute approximate surface area is 265 Å². The van der Waals surface area contributed by atoms with Gasteiger partial charge in [-0.25, -0.2) is 0 Å². The zero-order chi connectivity index (χ0) is 31.4. The molecule has 0 unspecified atom stereocenters. The summed E-state index contributed by atoms with van der Waals surface area (Å²) in [6, 6.07) is 37.8. The topological polar surface area (TPSA) is 123 Å². The van der Waals surface area contributed by atoms with Gasteiger partial charge in [-0.05, 0) is 47.1 Å². The van der Waals surface area contributed by atoms with Crippen molar-refractivity contribution in [2.24, 2.45) is 5.73 Å². The molecular formula is C37H42N6O2. The zero-order valence-corrected chi connectivity index (χ0v) is 25.5. The summed E-state index contributed by atoms with van der Waals surface area (Å²) >= 11 is 0. The van der Waals surface area contributed by atoms with Crippen molar-refractivity contribution in [2.45, 2.75) is 43.8 Å². The third-order valence-corrected chi connectivity index (χ3v) is 8.24. The molecule has 232 valence electrons. The average Bonchev–Trinajstić information content (AvgIpc) is 3.22. The van der Waals surface area contributed by atoms with Crippen molar-refractivity contribution in [1.82, 2.24) is 20.9 Å². The minimum atomic E-state index is -0.441. The predicted octanol–water partition coefficient (Wildman–Crippen LogP) is 4.62. The van der Waals surface area contributed by atoms with Gasteiger partial charge in [-0.1, -0.05) is 115 Å². The van der Waals surface area contributed by atoms with E-state index in [0.717, 1.165) is 27.8 Å². The molecule has 1 saturated heterocycles. The number of carbonyl (C=O) groups is 2. The van der Waals surface area contributed by atoms with Crippen molar-refractivity contribution in [3.05, 3.63) is 132 Å². The normalized spacial score (nSPS) is 16.6. The SMILES string of the molecule is N=C(N)NCCC[C@@H]1N[C@H](CNC(=O)Cc2ccc(-c3ccccc3)cc2)CCN(C(c2ccccc2)c2ccccc2)C1=O. The molecule has 0 aromatic heterocycles. The van der Waals surface area contributed by atoms with Crippen molar-refractivity contribution in [3.8, 4) is 11.1 Å². The molecule has 8 heteroatoms. The van der Waals surface area contributed by atoms with E-state index in [0.29, 0.717) is 38.9 Å². The number of hydrogen-bond donors (Lipinski definition) is 5. The number of nitrogens with one attached hydrogen (secondary N) is 4. The highest BCUT2D eigenvalue weighted by Crippen LogP contribution is 2.31. The van der Waals surface area contributed by atoms with Gasteiger partial charge in [0.05, 0.1) is 18.5 Å². The van der Waals surface area contributed by atoms with Crippen LogP contribution >= 0.6 is 0 Å². The van der Waals surface area contributed by atoms with Crippen LogP contribution in [0, 0.1) is 5.41 Å². The summed E-state index contributed by atoms with van der Waals surface area (Å²) in [7, 11) is 0. The van der Waals surface area contributed by atoms with Crippen LogP contribution in [0.3, 0.4) is 0 Å². The molecule has 0 spiro atoms. The van der Waals surface area contributed by atoms with Gasteiger partial charge in [0.25, 0.3) is 0 Å². The quantitative estimate of drug-likeness (QED) is 0.0920. The first-order valence-electron chi connectivity index (χ1n) is 15.6. The van der Waals surface area contributed by atoms with Crippen molar-refractivity contribution in [1.29, 1.82) is 5.41 Å². The van der Waals surface area contributed by atoms with Gasteiger partial charge < -0.3 is 26.6 Å². The van der Waals surface area contributed by atoms with Crippen LogP contribution in [0.15, 0.2) is 115 Å². The van der Waals surface area contributed by atoms with Gasteiger partial charge in [0.1, 0.15) is 0 Å². The number of amides is 2. The standard InChI is InChI=1S/C37H42N6O2/c38-37(39)40-23-10-17-33-36(45)43(35(30-13-6-2-7-14-30)31-15-8-3-9-16-31)24-22-32(42-33)26-41-34(44)25-27-18-20-29(21-19-27)28-11-4-1-5-12-28/h1-9,11-16,18-21,32-33,35,42H,10,17,22-26H2,(H,41,44)(H4,38,39,40)/t32-,33-/m0/s1. The predicted molar refractivity (Wildman–Crippen MR) is 180 cm³/mol. The van der Waals surface area contributed by atoms with Crippen molar-refractivity contribution < 1.29 is 9.59 Å². The molecule has 1 fully saturated rings. The second-order valence-electron chi connectivity index (χ2n) is 11.5. The van der Waals surface area contributed by atoms with E-state index < -0.39 is 6.04 Å². The fraction of sp³-hybridized carbons (Fsp3) is 0.270. The number of benzene rings is 4. The van der Waals surface area contributed by atoms with Crippen LogP contribution < -0.4 is 21.7 Å². The lowest BCUT2D eigenvalue weighted by Crippen LogP contribution is -2.49. The van der Waals surface area contributed by atoms with Gasteiger partial charge in [0.15, 0.2) is 5.96 Å². The molecule has 4 aromatic rings. The minimum absolute atomic E-state index is 0.0304. The van der Waals surface area contributed by atoms with Crippen molar-refractivity contribution >= 4 is 17.8 Å². The number of carbonyl (C=O) groups excluding carboxylic acids is 2. The molecule has 2 atom stereocenters. The molecule has 45 heavy (non-hydrogen) atoms. The Morgan fingerprint density at radius 3 is 2.02 bits per heavy atom. The van der Waals surface area contributed by atoms with Crippen LogP contribution in [0.1, 0.15) is 42.0 Å². The number of nitrogens with zero attached hydrogens (tertiary/aromatic N) is 1. The summed E-state index contributed by atoms with van der Waals surface area (Å²) in [5.41, 5.74) is 10.8. The largest absolute Gasteiger partial charge is 0.370 e. The Balaban J connectivity index is 1.27. The fourth-order valence-electron chi connectivity index (χ4n) is 5.95. The molecule has 6 N–H and O–H groups in total. The lowest BCUT2D eigenvalue weighted by atomic mass is 9.96. The molecular weight excluding hydrogens is 560 g/mol. The number of nitrogens with two attached hydrogens (primary N) is 1. The van der Waals surface area contributed by atoms with Crippen molar-refractivity contribution in [2.75, 3.05) is 19.6 Å². The third kappa shape index (κ3) is 8.80. The minimum Gasteiger partial charge on any atom is -0.370 e. The van der Waals surface area contributed by atoms with E-state index in [1.165, 1.54) is 0 Å². The summed E-state index contributed by atoms with van der Waals surface area (Å²) in [6.07, 6.45) is 2.22. The van der Waals surface area contributed by atoms with E-state index in [9.17, 15) is 9.59 Å². The molecule has 1 heterocycles. The molecule has 1 aliphatic heterocycles. The van der Waals surface area contributed by atoms with Crippen LogP contribution in [-0.2, 0) is 16.0 Å². The molecule has 5 rings (SSSR count). The van der Waals surface area contributed by atoms with Crippen LogP contribution in [0.25, 0.3) is 11.1 Å². The first kappa shape index (κ1) is 31.5. The van der Waals surface area contributed by atoms with E-state index in [4.69, 9.17) is 11.1 Å². The maximum Gasteiger partial charge on any atom is 0.240 e. The van der Waals surface area contributed by atoms with E-state index in [-0.39, 0.29) is 36.3 Å². The zero-order valence-electron chi connectivity index (χ0n) is 25.5. The van der Waals surface area contributed by atoms with E-state index in [1.807, 2.05) is 83.8 Å². The summed E-state index contributed by atoms with van der Waals surface area (Å²) < 4.78 is 0. The maximum atomic E-state index is 14.2. The third-order valence-electron chi connectivity index (χ3n) is 8.24. The van der Waals surface area contributed by atoms with Crippen LogP contribution in [0.4, 0.5) is 0 Å². The first-order valence-corrected chi connectivity index (χ1v) is 15.6. The summed E-state index contributed by atoms with van der Waals surface area (Å²) in [5, 5.41) is 17.0. The van der Waals surface area contributed by atoms with Gasteiger partial charge >= 0.3 is 0 Å². The van der Waals surface area contributed by atoms with Gasteiger partial charge in [0.2, 0.25) is 11.8 Å². The smallest absolute Gasteiger partial charge is 0.240 e. The fourth-order valence-corrected chi connectivity index (χ4v) is 5.95. The lowest BCUT2D eigenvalue weighted by molar-refractivity contribution is -0.134. The highest BCUT2D eigenvalue weighted by atomic mass is 16.2. The van der Waals surface area contributed by atoms with Crippen LogP contribution in [0.5, 0.6) is 0 Å². The average molecular weight is 603 g/mol. The monoisotopic (exact) mass is 602 g/mol. The molecule has 8 nitrogen and oxygen atoms in total. The molecule has 2 amide bonds. The molecule has 4 aromatic carbocycles. The number of rotatable bonds is 12. The Bertz CT molecular complexity index is 1490. The highest BCUT2D eigenvalue weighted by molar-refractivity contribution is 5.83. The summed E-state index contributed by atoms with van der Waals surface area (Å²) in [5.74, 6) is -0.103.